The summed E-state index contributed by atoms with van der Waals surface area (Å²) in [6.45, 7) is 4.12. The van der Waals surface area contributed by atoms with Crippen molar-refractivity contribution >= 4 is 21.9 Å². The van der Waals surface area contributed by atoms with Crippen molar-refractivity contribution in [3.8, 4) is 0 Å². The summed E-state index contributed by atoms with van der Waals surface area (Å²) in [6.07, 6.45) is 1.08. The molecule has 24 heavy (non-hydrogen) atoms. The molecular weight excluding hydrogens is 332 g/mol. The Labute approximate surface area is 142 Å². The third-order valence-electron chi connectivity index (χ3n) is 3.54. The molecule has 0 aromatic heterocycles. The molecule has 1 aromatic rings. The van der Waals surface area contributed by atoms with Gasteiger partial charge < -0.3 is 9.64 Å². The Morgan fingerprint density at radius 2 is 1.83 bits per heavy atom. The molecule has 1 amide bonds. The van der Waals surface area contributed by atoms with Crippen LogP contribution in [0.3, 0.4) is 0 Å². The predicted molar refractivity (Wildman–Crippen MR) is 89.3 cm³/mol. The number of esters is 1. The summed E-state index contributed by atoms with van der Waals surface area (Å²) >= 11 is 0. The van der Waals surface area contributed by atoms with Crippen LogP contribution in [0.2, 0.25) is 0 Å². The van der Waals surface area contributed by atoms with E-state index in [4.69, 9.17) is 9.88 Å². The van der Waals surface area contributed by atoms with E-state index in [1.165, 1.54) is 19.2 Å². The standard InChI is InChI=1S/C16H24N2O5S/c1-4-5-15(19)18(10-12(2)16(20)23-3)11-13-6-8-14(9-7-13)24(17,21)22/h6-9,12H,4-5,10-11H2,1-3H3,(H2,17,21,22). The molecule has 1 aromatic carbocycles. The summed E-state index contributed by atoms with van der Waals surface area (Å²) in [5, 5.41) is 5.07. The molecule has 0 bridgehead atoms. The quantitative estimate of drug-likeness (QED) is 0.706. The van der Waals surface area contributed by atoms with Crippen molar-refractivity contribution < 1.29 is 22.7 Å². The lowest BCUT2D eigenvalue weighted by Crippen LogP contribution is -2.36. The van der Waals surface area contributed by atoms with E-state index in [0.29, 0.717) is 12.8 Å². The second kappa shape index (κ2) is 8.79. The third-order valence-corrected chi connectivity index (χ3v) is 4.47. The lowest BCUT2D eigenvalue weighted by atomic mass is 10.1. The number of methoxy groups -OCH3 is 1. The highest BCUT2D eigenvalue weighted by Gasteiger charge is 2.21. The number of hydrogen-bond acceptors (Lipinski definition) is 5. The Morgan fingerprint density at radius 1 is 1.25 bits per heavy atom. The zero-order valence-corrected chi connectivity index (χ0v) is 15.0. The Balaban J connectivity index is 2.91. The molecule has 1 unspecified atom stereocenters. The lowest BCUT2D eigenvalue weighted by molar-refractivity contribution is -0.146. The fourth-order valence-corrected chi connectivity index (χ4v) is 2.75. The van der Waals surface area contributed by atoms with E-state index >= 15 is 0 Å². The summed E-state index contributed by atoms with van der Waals surface area (Å²) in [5.74, 6) is -0.892. The first kappa shape index (κ1) is 20.1. The number of nitrogens with zero attached hydrogens (tertiary/aromatic N) is 1. The van der Waals surface area contributed by atoms with Gasteiger partial charge in [-0.3, -0.25) is 9.59 Å². The number of nitrogens with two attached hydrogens (primary N) is 1. The number of hydrogen-bond donors (Lipinski definition) is 1. The Bertz CT molecular complexity index is 670. The van der Waals surface area contributed by atoms with Crippen molar-refractivity contribution in [3.05, 3.63) is 29.8 Å². The van der Waals surface area contributed by atoms with E-state index in [2.05, 4.69) is 0 Å². The molecule has 1 rings (SSSR count). The molecule has 134 valence electrons. The molecular formula is C16H24N2O5S. The van der Waals surface area contributed by atoms with Crippen LogP contribution in [0, 0.1) is 5.92 Å². The van der Waals surface area contributed by atoms with Crippen LogP contribution in [0.25, 0.3) is 0 Å². The molecule has 0 fully saturated rings. The molecule has 2 N–H and O–H groups in total. The van der Waals surface area contributed by atoms with Gasteiger partial charge in [-0.1, -0.05) is 26.0 Å². The highest BCUT2D eigenvalue weighted by atomic mass is 32.2. The molecule has 0 aliphatic carbocycles. The van der Waals surface area contributed by atoms with Crippen molar-refractivity contribution in [3.63, 3.8) is 0 Å². The average molecular weight is 356 g/mol. The number of carbonyl (C=O) groups excluding carboxylic acids is 2. The molecule has 0 aliphatic rings. The largest absolute Gasteiger partial charge is 0.469 e. The molecule has 0 aliphatic heterocycles. The Hall–Kier alpha value is -1.93. The average Bonchev–Trinajstić information content (AvgIpc) is 2.53. The minimum Gasteiger partial charge on any atom is -0.469 e. The van der Waals surface area contributed by atoms with Crippen LogP contribution in [0.1, 0.15) is 32.3 Å². The number of ether oxygens (including phenoxy) is 1. The molecule has 1 atom stereocenters. The second-order valence-corrected chi connectivity index (χ2v) is 7.20. The topological polar surface area (TPSA) is 107 Å². The normalized spacial score (nSPS) is 12.5. The number of carbonyl (C=O) groups is 2. The maximum absolute atomic E-state index is 12.3. The van der Waals surface area contributed by atoms with Gasteiger partial charge in [0.15, 0.2) is 0 Å². The molecule has 0 spiro atoms. The molecule has 8 heteroatoms. The first-order valence-electron chi connectivity index (χ1n) is 7.66. The summed E-state index contributed by atoms with van der Waals surface area (Å²) in [7, 11) is -2.44. The fraction of sp³-hybridized carbons (Fsp3) is 0.500. The van der Waals surface area contributed by atoms with Crippen LogP contribution >= 0.6 is 0 Å². The fourth-order valence-electron chi connectivity index (χ4n) is 2.24. The van der Waals surface area contributed by atoms with E-state index in [1.54, 1.807) is 24.0 Å². The van der Waals surface area contributed by atoms with Gasteiger partial charge in [0.25, 0.3) is 0 Å². The maximum Gasteiger partial charge on any atom is 0.310 e. The van der Waals surface area contributed by atoms with Gasteiger partial charge >= 0.3 is 5.97 Å². The SMILES string of the molecule is CCCC(=O)N(Cc1ccc(S(N)(=O)=O)cc1)CC(C)C(=O)OC. The first-order chi connectivity index (χ1) is 11.2. The van der Waals surface area contributed by atoms with Gasteiger partial charge in [0.1, 0.15) is 0 Å². The van der Waals surface area contributed by atoms with Gasteiger partial charge in [-0.15, -0.1) is 0 Å². The molecule has 7 nitrogen and oxygen atoms in total. The van der Waals surface area contributed by atoms with Gasteiger partial charge in [0, 0.05) is 19.5 Å². The van der Waals surface area contributed by atoms with E-state index in [1.807, 2.05) is 6.92 Å². The Kier molecular flexibility index (Phi) is 7.37. The third kappa shape index (κ3) is 5.93. The minimum atomic E-state index is -3.75. The van der Waals surface area contributed by atoms with Gasteiger partial charge in [-0.05, 0) is 24.1 Å². The van der Waals surface area contributed by atoms with Gasteiger partial charge in [0.2, 0.25) is 15.9 Å². The van der Waals surface area contributed by atoms with Crippen LogP contribution in [0.4, 0.5) is 0 Å². The van der Waals surface area contributed by atoms with Gasteiger partial charge in [0.05, 0.1) is 17.9 Å². The van der Waals surface area contributed by atoms with E-state index in [-0.39, 0.29) is 29.9 Å². The van der Waals surface area contributed by atoms with Crippen molar-refractivity contribution in [2.75, 3.05) is 13.7 Å². The van der Waals surface area contributed by atoms with E-state index in [0.717, 1.165) is 5.56 Å². The zero-order valence-electron chi connectivity index (χ0n) is 14.2. The highest BCUT2D eigenvalue weighted by Crippen LogP contribution is 2.14. The summed E-state index contributed by atoms with van der Waals surface area (Å²) in [6, 6.07) is 6.01. The van der Waals surface area contributed by atoms with Crippen molar-refractivity contribution in [1.29, 1.82) is 0 Å². The van der Waals surface area contributed by atoms with Crippen LogP contribution in [-0.4, -0.2) is 38.8 Å². The smallest absolute Gasteiger partial charge is 0.310 e. The molecule has 0 heterocycles. The van der Waals surface area contributed by atoms with E-state index < -0.39 is 15.9 Å². The van der Waals surface area contributed by atoms with Gasteiger partial charge in [-0.2, -0.15) is 0 Å². The summed E-state index contributed by atoms with van der Waals surface area (Å²) in [4.78, 5) is 25.5. The van der Waals surface area contributed by atoms with Crippen molar-refractivity contribution in [2.45, 2.75) is 38.1 Å². The number of rotatable bonds is 8. The number of amides is 1. The van der Waals surface area contributed by atoms with Crippen molar-refractivity contribution in [2.24, 2.45) is 11.1 Å². The highest BCUT2D eigenvalue weighted by molar-refractivity contribution is 7.89. The number of sulfonamides is 1. The summed E-state index contributed by atoms with van der Waals surface area (Å²) in [5.41, 5.74) is 0.754. The summed E-state index contributed by atoms with van der Waals surface area (Å²) < 4.78 is 27.2. The molecule has 0 radical (unpaired) electrons. The lowest BCUT2D eigenvalue weighted by Gasteiger charge is -2.25. The number of primary sulfonamides is 1. The second-order valence-electron chi connectivity index (χ2n) is 5.64. The maximum atomic E-state index is 12.3. The van der Waals surface area contributed by atoms with Crippen LogP contribution in [0.5, 0.6) is 0 Å². The first-order valence-corrected chi connectivity index (χ1v) is 9.21. The minimum absolute atomic E-state index is 0.0145. The van der Waals surface area contributed by atoms with Crippen molar-refractivity contribution in [1.82, 2.24) is 4.90 Å². The van der Waals surface area contributed by atoms with Crippen LogP contribution < -0.4 is 5.14 Å². The van der Waals surface area contributed by atoms with Crippen LogP contribution in [-0.2, 0) is 30.9 Å². The predicted octanol–water partition coefficient (Wildman–Crippen LogP) is 1.27. The molecule has 0 saturated carbocycles. The zero-order chi connectivity index (χ0) is 18.3. The monoisotopic (exact) mass is 356 g/mol. The van der Waals surface area contributed by atoms with Gasteiger partial charge in [-0.25, -0.2) is 13.6 Å². The van der Waals surface area contributed by atoms with E-state index in [9.17, 15) is 18.0 Å². The Morgan fingerprint density at radius 3 is 2.29 bits per heavy atom. The number of benzene rings is 1. The van der Waals surface area contributed by atoms with Crippen LogP contribution in [0.15, 0.2) is 29.2 Å². The molecule has 0 saturated heterocycles.